The maximum Gasteiger partial charge on any atom is 0.122 e. The smallest absolute Gasteiger partial charge is 0.122 e. The molecule has 0 radical (unpaired) electrons. The first-order valence-corrected chi connectivity index (χ1v) is 6.19. The molecule has 3 aromatic rings. The number of aryl methyl sites for hydroxylation is 1. The van der Waals surface area contributed by atoms with Crippen molar-refractivity contribution >= 4 is 10.8 Å². The third kappa shape index (κ3) is 2.20. The van der Waals surface area contributed by atoms with Gasteiger partial charge >= 0.3 is 0 Å². The second-order valence-corrected chi connectivity index (χ2v) is 4.61. The normalized spacial score (nSPS) is 12.5. The van der Waals surface area contributed by atoms with Gasteiger partial charge in [0.15, 0.2) is 0 Å². The van der Waals surface area contributed by atoms with Gasteiger partial charge in [-0.25, -0.2) is 0 Å². The van der Waals surface area contributed by atoms with Crippen molar-refractivity contribution in [2.75, 3.05) is 0 Å². The average Bonchev–Trinajstić information content (AvgIpc) is 2.47. The minimum atomic E-state index is -0.716. The molecule has 0 fully saturated rings. The second-order valence-electron chi connectivity index (χ2n) is 4.61. The van der Waals surface area contributed by atoms with Crippen LogP contribution in [0.1, 0.15) is 22.9 Å². The van der Waals surface area contributed by atoms with Crippen LogP contribution in [0.15, 0.2) is 55.0 Å². The topological polar surface area (TPSA) is 46.0 Å². The molecule has 19 heavy (non-hydrogen) atoms. The van der Waals surface area contributed by atoms with Gasteiger partial charge in [-0.2, -0.15) is 0 Å². The average molecular weight is 250 g/mol. The van der Waals surface area contributed by atoms with Gasteiger partial charge in [-0.15, -0.1) is 0 Å². The van der Waals surface area contributed by atoms with Gasteiger partial charge < -0.3 is 5.11 Å². The molecule has 94 valence electrons. The van der Waals surface area contributed by atoms with Gasteiger partial charge in [-0.05, 0) is 35.6 Å². The number of aliphatic hydroxyl groups is 1. The summed E-state index contributed by atoms with van der Waals surface area (Å²) in [5.41, 5.74) is 2.60. The number of benzene rings is 1. The van der Waals surface area contributed by atoms with E-state index in [0.717, 1.165) is 21.9 Å². The fourth-order valence-corrected chi connectivity index (χ4v) is 2.19. The third-order valence-corrected chi connectivity index (χ3v) is 3.22. The standard InChI is InChI=1S/C16H14N2O/c1-11-5-6-15(18-9-11)16(19)14-4-2-3-12-10-17-8-7-13(12)14/h2-10,16,19H,1H3. The first kappa shape index (κ1) is 11.8. The van der Waals surface area contributed by atoms with Crippen LogP contribution in [0.2, 0.25) is 0 Å². The van der Waals surface area contributed by atoms with Gasteiger partial charge in [-0.3, -0.25) is 9.97 Å². The molecule has 1 unspecified atom stereocenters. The molecule has 0 saturated heterocycles. The predicted molar refractivity (Wildman–Crippen MR) is 74.8 cm³/mol. The summed E-state index contributed by atoms with van der Waals surface area (Å²) < 4.78 is 0. The van der Waals surface area contributed by atoms with E-state index in [9.17, 15) is 5.11 Å². The highest BCUT2D eigenvalue weighted by Gasteiger charge is 2.14. The summed E-state index contributed by atoms with van der Waals surface area (Å²) >= 11 is 0. The van der Waals surface area contributed by atoms with E-state index in [4.69, 9.17) is 0 Å². The van der Waals surface area contributed by atoms with Crippen LogP contribution < -0.4 is 0 Å². The van der Waals surface area contributed by atoms with Gasteiger partial charge in [-0.1, -0.05) is 24.3 Å². The summed E-state index contributed by atoms with van der Waals surface area (Å²) in [6.07, 6.45) is 4.59. The maximum absolute atomic E-state index is 10.5. The minimum absolute atomic E-state index is 0.662. The van der Waals surface area contributed by atoms with Gasteiger partial charge in [0.2, 0.25) is 0 Å². The van der Waals surface area contributed by atoms with E-state index >= 15 is 0 Å². The lowest BCUT2D eigenvalue weighted by Crippen LogP contribution is -2.03. The van der Waals surface area contributed by atoms with Crippen molar-refractivity contribution in [3.8, 4) is 0 Å². The highest BCUT2D eigenvalue weighted by molar-refractivity contribution is 5.85. The lowest BCUT2D eigenvalue weighted by atomic mass is 9.99. The lowest BCUT2D eigenvalue weighted by Gasteiger charge is -2.13. The summed E-state index contributed by atoms with van der Waals surface area (Å²) in [6.45, 7) is 1.98. The van der Waals surface area contributed by atoms with Gasteiger partial charge in [0.1, 0.15) is 6.10 Å². The molecule has 0 bridgehead atoms. The third-order valence-electron chi connectivity index (χ3n) is 3.22. The van der Waals surface area contributed by atoms with E-state index in [1.165, 1.54) is 0 Å². The second kappa shape index (κ2) is 4.78. The summed E-state index contributed by atoms with van der Waals surface area (Å²) in [7, 11) is 0. The number of aliphatic hydroxyl groups excluding tert-OH is 1. The number of pyridine rings is 2. The first-order valence-electron chi connectivity index (χ1n) is 6.19. The number of nitrogens with zero attached hydrogens (tertiary/aromatic N) is 2. The summed E-state index contributed by atoms with van der Waals surface area (Å²) in [5, 5.41) is 12.5. The highest BCUT2D eigenvalue weighted by Crippen LogP contribution is 2.27. The molecular formula is C16H14N2O. The zero-order valence-corrected chi connectivity index (χ0v) is 10.6. The molecule has 2 heterocycles. The molecule has 0 aliphatic rings. The molecule has 1 N–H and O–H groups in total. The highest BCUT2D eigenvalue weighted by atomic mass is 16.3. The molecule has 3 heteroatoms. The Hall–Kier alpha value is -2.26. The Kier molecular flexibility index (Phi) is 2.97. The predicted octanol–water partition coefficient (Wildman–Crippen LogP) is 3.02. The molecular weight excluding hydrogens is 236 g/mol. The van der Waals surface area contributed by atoms with Crippen molar-refractivity contribution in [1.82, 2.24) is 9.97 Å². The van der Waals surface area contributed by atoms with E-state index in [1.54, 1.807) is 18.6 Å². The van der Waals surface area contributed by atoms with Crippen LogP contribution in [-0.4, -0.2) is 15.1 Å². The van der Waals surface area contributed by atoms with Crippen molar-refractivity contribution in [2.45, 2.75) is 13.0 Å². The Morgan fingerprint density at radius 3 is 2.74 bits per heavy atom. The Morgan fingerprint density at radius 1 is 1.05 bits per heavy atom. The monoisotopic (exact) mass is 250 g/mol. The number of aromatic nitrogens is 2. The van der Waals surface area contributed by atoms with Crippen LogP contribution in [0.4, 0.5) is 0 Å². The molecule has 0 amide bonds. The molecule has 0 spiro atoms. The SMILES string of the molecule is Cc1ccc(C(O)c2cccc3cnccc23)nc1. The zero-order chi connectivity index (χ0) is 13.2. The van der Waals surface area contributed by atoms with Crippen molar-refractivity contribution in [2.24, 2.45) is 0 Å². The molecule has 1 atom stereocenters. The quantitative estimate of drug-likeness (QED) is 0.760. The molecule has 0 aliphatic heterocycles. The molecule has 3 rings (SSSR count). The Labute approximate surface area is 111 Å². The zero-order valence-electron chi connectivity index (χ0n) is 10.6. The van der Waals surface area contributed by atoms with Crippen LogP contribution in [-0.2, 0) is 0 Å². The van der Waals surface area contributed by atoms with Crippen molar-refractivity contribution < 1.29 is 5.11 Å². The number of hydrogen-bond acceptors (Lipinski definition) is 3. The summed E-state index contributed by atoms with van der Waals surface area (Å²) in [4.78, 5) is 8.40. The molecule has 3 nitrogen and oxygen atoms in total. The minimum Gasteiger partial charge on any atom is -0.382 e. The largest absolute Gasteiger partial charge is 0.382 e. The summed E-state index contributed by atoms with van der Waals surface area (Å²) in [6, 6.07) is 11.6. The van der Waals surface area contributed by atoms with Crippen LogP contribution in [0.5, 0.6) is 0 Å². The number of rotatable bonds is 2. The van der Waals surface area contributed by atoms with E-state index in [2.05, 4.69) is 9.97 Å². The van der Waals surface area contributed by atoms with Crippen LogP contribution in [0.3, 0.4) is 0 Å². The van der Waals surface area contributed by atoms with Gasteiger partial charge in [0, 0.05) is 24.0 Å². The van der Waals surface area contributed by atoms with Crippen molar-refractivity contribution in [1.29, 1.82) is 0 Å². The molecule has 0 aliphatic carbocycles. The first-order chi connectivity index (χ1) is 9.25. The van der Waals surface area contributed by atoms with Crippen LogP contribution in [0, 0.1) is 6.92 Å². The Bertz CT molecular complexity index is 702. The van der Waals surface area contributed by atoms with Crippen LogP contribution in [0.25, 0.3) is 10.8 Å². The fraction of sp³-hybridized carbons (Fsp3) is 0.125. The van der Waals surface area contributed by atoms with E-state index in [1.807, 2.05) is 43.3 Å². The molecule has 2 aromatic heterocycles. The van der Waals surface area contributed by atoms with E-state index < -0.39 is 6.10 Å². The van der Waals surface area contributed by atoms with Crippen molar-refractivity contribution in [3.05, 3.63) is 71.8 Å². The van der Waals surface area contributed by atoms with E-state index in [0.29, 0.717) is 5.69 Å². The number of fused-ring (bicyclic) bond motifs is 1. The molecule has 0 saturated carbocycles. The maximum atomic E-state index is 10.5. The molecule has 1 aromatic carbocycles. The fourth-order valence-electron chi connectivity index (χ4n) is 2.19. The van der Waals surface area contributed by atoms with Gasteiger partial charge in [0.25, 0.3) is 0 Å². The van der Waals surface area contributed by atoms with E-state index in [-0.39, 0.29) is 0 Å². The number of hydrogen-bond donors (Lipinski definition) is 1. The Balaban J connectivity index is 2.11. The van der Waals surface area contributed by atoms with Gasteiger partial charge in [0.05, 0.1) is 5.69 Å². The van der Waals surface area contributed by atoms with Crippen LogP contribution >= 0.6 is 0 Å². The lowest BCUT2D eigenvalue weighted by molar-refractivity contribution is 0.217. The Morgan fingerprint density at radius 2 is 1.95 bits per heavy atom. The van der Waals surface area contributed by atoms with Crippen molar-refractivity contribution in [3.63, 3.8) is 0 Å². The summed E-state index contributed by atoms with van der Waals surface area (Å²) in [5.74, 6) is 0.